The lowest BCUT2D eigenvalue weighted by atomic mass is 9.77. The molecule has 0 unspecified atom stereocenters. The monoisotopic (exact) mass is 491 g/mol. The molecular formula is C28H33N3O3S. The third-order valence-electron chi connectivity index (χ3n) is 7.08. The molecular weight excluding hydrogens is 458 g/mol. The normalized spacial score (nSPS) is 19.0. The topological polar surface area (TPSA) is 88.2 Å². The number of anilines is 1. The van der Waals surface area contributed by atoms with E-state index in [1.165, 1.54) is 11.1 Å². The minimum Gasteiger partial charge on any atom is -0.334 e. The first-order chi connectivity index (χ1) is 16.8. The minimum atomic E-state index is -3.41. The number of aryl methyl sites for hydroxylation is 1. The van der Waals surface area contributed by atoms with Gasteiger partial charge in [-0.25, -0.2) is 13.2 Å². The molecule has 1 heterocycles. The molecule has 1 fully saturated rings. The van der Waals surface area contributed by atoms with Crippen LogP contribution in [0.3, 0.4) is 0 Å². The van der Waals surface area contributed by atoms with Gasteiger partial charge >= 0.3 is 6.03 Å². The van der Waals surface area contributed by atoms with Crippen LogP contribution in [0, 0.1) is 12.8 Å². The number of rotatable bonds is 7. The van der Waals surface area contributed by atoms with Gasteiger partial charge in [0.15, 0.2) is 9.84 Å². The highest BCUT2D eigenvalue weighted by Gasteiger charge is 2.34. The Hall–Kier alpha value is -3.19. The average molecular weight is 492 g/mol. The Balaban J connectivity index is 1.31. The van der Waals surface area contributed by atoms with Crippen LogP contribution in [0.25, 0.3) is 0 Å². The Morgan fingerprint density at radius 2 is 1.69 bits per heavy atom. The molecule has 1 aliphatic rings. The lowest BCUT2D eigenvalue weighted by Crippen LogP contribution is -2.29. The second-order valence-electron chi connectivity index (χ2n) is 9.47. The van der Waals surface area contributed by atoms with Crippen LogP contribution in [0.1, 0.15) is 55.2 Å². The Morgan fingerprint density at radius 1 is 1.00 bits per heavy atom. The van der Waals surface area contributed by atoms with Gasteiger partial charge in [0.1, 0.15) is 0 Å². The second-order valence-corrected chi connectivity index (χ2v) is 11.7. The second kappa shape index (κ2) is 11.0. The highest BCUT2D eigenvalue weighted by Crippen LogP contribution is 2.39. The summed E-state index contributed by atoms with van der Waals surface area (Å²) >= 11 is 0. The van der Waals surface area contributed by atoms with Crippen molar-refractivity contribution in [3.63, 3.8) is 0 Å². The number of nitrogens with zero attached hydrogens (tertiary/aromatic N) is 1. The van der Waals surface area contributed by atoms with Gasteiger partial charge in [-0.1, -0.05) is 42.8 Å². The molecule has 1 aromatic heterocycles. The van der Waals surface area contributed by atoms with Crippen molar-refractivity contribution in [1.82, 2.24) is 10.3 Å². The molecule has 2 amide bonds. The molecule has 0 spiro atoms. The Kier molecular flexibility index (Phi) is 7.86. The lowest BCUT2D eigenvalue weighted by Gasteiger charge is -2.32. The highest BCUT2D eigenvalue weighted by atomic mass is 32.2. The summed E-state index contributed by atoms with van der Waals surface area (Å²) in [5, 5.41) is 5.15. The molecule has 2 aromatic carbocycles. The predicted molar refractivity (Wildman–Crippen MR) is 139 cm³/mol. The zero-order valence-electron chi connectivity index (χ0n) is 20.3. The summed E-state index contributed by atoms with van der Waals surface area (Å²) in [7, 11) is -3.41. The summed E-state index contributed by atoms with van der Waals surface area (Å²) < 4.78 is 26.5. The van der Waals surface area contributed by atoms with Gasteiger partial charge in [-0.15, -0.1) is 0 Å². The number of sulfone groups is 1. The van der Waals surface area contributed by atoms with Gasteiger partial charge in [0.25, 0.3) is 0 Å². The molecule has 0 saturated heterocycles. The summed E-state index contributed by atoms with van der Waals surface area (Å²) in [6.45, 7) is 4.70. The van der Waals surface area contributed by atoms with E-state index >= 15 is 0 Å². The van der Waals surface area contributed by atoms with Crippen LogP contribution in [-0.2, 0) is 16.4 Å². The van der Waals surface area contributed by atoms with Gasteiger partial charge in [-0.2, -0.15) is 0 Å². The smallest absolute Gasteiger partial charge is 0.319 e. The van der Waals surface area contributed by atoms with Crippen LogP contribution >= 0.6 is 0 Å². The Bertz CT molecular complexity index is 1220. The largest absolute Gasteiger partial charge is 0.334 e. The number of carbonyl (C=O) groups excluding carboxylic acids is 1. The first-order valence-corrected chi connectivity index (χ1v) is 13.7. The van der Waals surface area contributed by atoms with Crippen molar-refractivity contribution >= 4 is 21.6 Å². The number of aromatic nitrogens is 1. The van der Waals surface area contributed by atoms with Crippen molar-refractivity contribution in [1.29, 1.82) is 0 Å². The van der Waals surface area contributed by atoms with Crippen molar-refractivity contribution in [3.05, 3.63) is 89.7 Å². The van der Waals surface area contributed by atoms with Gasteiger partial charge < -0.3 is 10.6 Å². The lowest BCUT2D eigenvalue weighted by molar-refractivity contribution is 0.251. The fraction of sp³-hybridized carbons (Fsp3) is 0.357. The van der Waals surface area contributed by atoms with Gasteiger partial charge in [-0.05, 0) is 85.9 Å². The van der Waals surface area contributed by atoms with E-state index in [1.54, 1.807) is 36.7 Å². The fourth-order valence-electron chi connectivity index (χ4n) is 4.82. The third-order valence-corrected chi connectivity index (χ3v) is 9.36. The number of benzene rings is 2. The number of hydrogen-bond donors (Lipinski definition) is 2. The molecule has 2 N–H and O–H groups in total. The maximum Gasteiger partial charge on any atom is 0.319 e. The quantitative estimate of drug-likeness (QED) is 0.434. The molecule has 0 bridgehead atoms. The Morgan fingerprint density at radius 3 is 2.31 bits per heavy atom. The van der Waals surface area contributed by atoms with Gasteiger partial charge in [-0.3, -0.25) is 4.98 Å². The maximum atomic E-state index is 13.3. The summed E-state index contributed by atoms with van der Waals surface area (Å²) in [5.74, 6) is 0.926. The Labute approximate surface area is 208 Å². The van der Waals surface area contributed by atoms with Crippen LogP contribution in [0.5, 0.6) is 0 Å². The van der Waals surface area contributed by atoms with Crippen LogP contribution in [-0.4, -0.2) is 24.7 Å². The van der Waals surface area contributed by atoms with Crippen LogP contribution in [0.15, 0.2) is 78.0 Å². The molecule has 3 aromatic rings. The van der Waals surface area contributed by atoms with E-state index in [1.807, 2.05) is 12.1 Å². The molecule has 184 valence electrons. The number of amides is 2. The first kappa shape index (κ1) is 24.9. The van der Waals surface area contributed by atoms with Crippen LogP contribution in [0.4, 0.5) is 10.5 Å². The summed E-state index contributed by atoms with van der Waals surface area (Å²) in [5.41, 5.74) is 4.02. The molecule has 1 saturated carbocycles. The summed E-state index contributed by atoms with van der Waals surface area (Å²) in [6.07, 6.45) is 6.55. The molecule has 1 aliphatic carbocycles. The van der Waals surface area contributed by atoms with E-state index in [4.69, 9.17) is 0 Å². The van der Waals surface area contributed by atoms with Crippen molar-refractivity contribution in [2.24, 2.45) is 5.92 Å². The van der Waals surface area contributed by atoms with E-state index in [0.717, 1.165) is 18.4 Å². The molecule has 0 radical (unpaired) electrons. The minimum absolute atomic E-state index is 0.314. The van der Waals surface area contributed by atoms with Crippen molar-refractivity contribution < 1.29 is 13.2 Å². The van der Waals surface area contributed by atoms with Crippen molar-refractivity contribution in [3.8, 4) is 0 Å². The molecule has 4 rings (SSSR count). The van der Waals surface area contributed by atoms with Gasteiger partial charge in [0, 0.05) is 24.6 Å². The zero-order valence-corrected chi connectivity index (χ0v) is 21.1. The van der Waals surface area contributed by atoms with Crippen LogP contribution in [0.2, 0.25) is 0 Å². The predicted octanol–water partition coefficient (Wildman–Crippen LogP) is 5.85. The number of carbonyl (C=O) groups is 1. The van der Waals surface area contributed by atoms with E-state index in [9.17, 15) is 13.2 Å². The number of pyridine rings is 1. The van der Waals surface area contributed by atoms with E-state index in [-0.39, 0.29) is 11.3 Å². The van der Waals surface area contributed by atoms with Crippen molar-refractivity contribution in [2.75, 3.05) is 5.32 Å². The maximum absolute atomic E-state index is 13.3. The third kappa shape index (κ3) is 6.28. The fourth-order valence-corrected chi connectivity index (χ4v) is 6.61. The highest BCUT2D eigenvalue weighted by molar-refractivity contribution is 7.92. The molecule has 1 atom stereocenters. The van der Waals surface area contributed by atoms with Crippen molar-refractivity contribution in [2.45, 2.75) is 62.1 Å². The van der Waals surface area contributed by atoms with E-state index in [0.29, 0.717) is 41.8 Å². The summed E-state index contributed by atoms with van der Waals surface area (Å²) in [6, 6.07) is 18.5. The van der Waals surface area contributed by atoms with E-state index in [2.05, 4.69) is 53.7 Å². The molecule has 35 heavy (non-hydrogen) atoms. The van der Waals surface area contributed by atoms with E-state index < -0.39 is 9.84 Å². The molecule has 6 nitrogen and oxygen atoms in total. The standard InChI is InChI=1S/C28H33N3O3S/c1-20-5-7-23(8-6-20)21(2)24-9-13-26(14-10-24)35(33,34)27-15-11-25(12-16-27)31-28(32)30-19-22-4-3-17-29-18-22/h3-8,11-12,15-18,21,24,26H,9-10,13-14,19H2,1-2H3,(H2,30,31,32)/t21-,24?,26?/m1/s1. The average Bonchev–Trinajstić information content (AvgIpc) is 2.88. The first-order valence-electron chi connectivity index (χ1n) is 12.2. The molecule has 7 heteroatoms. The number of nitrogens with one attached hydrogen (secondary N) is 2. The van der Waals surface area contributed by atoms with Gasteiger partial charge in [0.05, 0.1) is 10.1 Å². The van der Waals surface area contributed by atoms with Gasteiger partial charge in [0.2, 0.25) is 0 Å². The molecule has 0 aliphatic heterocycles. The SMILES string of the molecule is Cc1ccc([C@@H](C)C2CCC(S(=O)(=O)c3ccc(NC(=O)NCc4cccnc4)cc3)CC2)cc1. The number of hydrogen-bond acceptors (Lipinski definition) is 4. The zero-order chi connectivity index (χ0) is 24.8. The number of urea groups is 1. The van der Waals surface area contributed by atoms with Crippen LogP contribution < -0.4 is 10.6 Å². The summed E-state index contributed by atoms with van der Waals surface area (Å²) in [4.78, 5) is 16.5.